The molecule has 1 saturated heterocycles. The minimum atomic E-state index is 0.761. The molecule has 0 aliphatic carbocycles. The normalized spacial score (nSPS) is 25.1. The van der Waals surface area contributed by atoms with Crippen LogP contribution in [0.25, 0.3) is 0 Å². The summed E-state index contributed by atoms with van der Waals surface area (Å²) < 4.78 is 0. The van der Waals surface area contributed by atoms with Gasteiger partial charge in [-0.1, -0.05) is 19.9 Å². The Kier molecular flexibility index (Phi) is 3.80. The summed E-state index contributed by atoms with van der Waals surface area (Å²) in [5.74, 6) is 1.60. The van der Waals surface area contributed by atoms with Crippen molar-refractivity contribution in [2.24, 2.45) is 11.8 Å². The summed E-state index contributed by atoms with van der Waals surface area (Å²) in [6.45, 7) is 12.2. The maximum absolute atomic E-state index is 3.85. The average molecular weight is 167 g/mol. The Morgan fingerprint density at radius 3 is 2.83 bits per heavy atom. The van der Waals surface area contributed by atoms with Gasteiger partial charge in [-0.2, -0.15) is 0 Å². The van der Waals surface area contributed by atoms with Crippen LogP contribution in [0.3, 0.4) is 0 Å². The third-order valence-electron chi connectivity index (χ3n) is 2.66. The topological polar surface area (TPSA) is 3.24 Å². The Balaban J connectivity index is 2.15. The zero-order chi connectivity index (χ0) is 8.97. The molecule has 0 radical (unpaired) electrons. The second-order valence-corrected chi connectivity index (χ2v) is 4.27. The Morgan fingerprint density at radius 2 is 2.33 bits per heavy atom. The molecule has 12 heavy (non-hydrogen) atoms. The lowest BCUT2D eigenvalue weighted by molar-refractivity contribution is 0.308. The van der Waals surface area contributed by atoms with Crippen molar-refractivity contribution in [2.75, 3.05) is 19.6 Å². The highest BCUT2D eigenvalue weighted by Gasteiger charge is 2.19. The van der Waals surface area contributed by atoms with E-state index in [1.807, 2.05) is 0 Å². The van der Waals surface area contributed by atoms with Crippen molar-refractivity contribution in [3.05, 3.63) is 12.7 Å². The maximum atomic E-state index is 3.85. The summed E-state index contributed by atoms with van der Waals surface area (Å²) in [4.78, 5) is 2.56. The number of hydrogen-bond donors (Lipinski definition) is 0. The standard InChI is InChI=1S/C11H21N/c1-4-11-6-8-12(9-11)7-5-10(2)3/h4,10-11H,1,5-9H2,2-3H3. The summed E-state index contributed by atoms with van der Waals surface area (Å²) >= 11 is 0. The molecule has 70 valence electrons. The molecular weight excluding hydrogens is 146 g/mol. The highest BCUT2D eigenvalue weighted by atomic mass is 15.1. The lowest BCUT2D eigenvalue weighted by Crippen LogP contribution is -2.22. The van der Waals surface area contributed by atoms with E-state index in [9.17, 15) is 0 Å². The van der Waals surface area contributed by atoms with Gasteiger partial charge in [0, 0.05) is 6.54 Å². The molecule has 0 aromatic heterocycles. The molecule has 1 rings (SSSR count). The molecule has 1 heterocycles. The van der Waals surface area contributed by atoms with Crippen LogP contribution < -0.4 is 0 Å². The summed E-state index contributed by atoms with van der Waals surface area (Å²) in [6, 6.07) is 0. The SMILES string of the molecule is C=CC1CCN(CCC(C)C)C1. The van der Waals surface area contributed by atoms with Crippen LogP contribution in [0.5, 0.6) is 0 Å². The smallest absolute Gasteiger partial charge is 0.00447 e. The zero-order valence-electron chi connectivity index (χ0n) is 8.42. The van der Waals surface area contributed by atoms with Gasteiger partial charge in [-0.25, -0.2) is 0 Å². The molecule has 0 aromatic rings. The molecule has 1 heteroatoms. The second kappa shape index (κ2) is 4.66. The third kappa shape index (κ3) is 2.98. The molecule has 0 amide bonds. The van der Waals surface area contributed by atoms with E-state index in [-0.39, 0.29) is 0 Å². The first-order chi connectivity index (χ1) is 5.72. The molecule has 0 N–H and O–H groups in total. The first kappa shape index (κ1) is 9.79. The molecule has 1 aliphatic heterocycles. The van der Waals surface area contributed by atoms with Crippen molar-refractivity contribution < 1.29 is 0 Å². The predicted octanol–water partition coefficient (Wildman–Crippen LogP) is 2.54. The molecule has 1 nitrogen and oxygen atoms in total. The van der Waals surface area contributed by atoms with Crippen molar-refractivity contribution in [1.29, 1.82) is 0 Å². The van der Waals surface area contributed by atoms with Crippen molar-refractivity contribution in [2.45, 2.75) is 26.7 Å². The minimum Gasteiger partial charge on any atom is -0.303 e. The minimum absolute atomic E-state index is 0.761. The van der Waals surface area contributed by atoms with Crippen molar-refractivity contribution in [3.63, 3.8) is 0 Å². The van der Waals surface area contributed by atoms with Gasteiger partial charge in [0.15, 0.2) is 0 Å². The van der Waals surface area contributed by atoms with E-state index in [2.05, 4.69) is 31.4 Å². The summed E-state index contributed by atoms with van der Waals surface area (Å²) in [6.07, 6.45) is 4.76. The van der Waals surface area contributed by atoms with Gasteiger partial charge < -0.3 is 4.90 Å². The second-order valence-electron chi connectivity index (χ2n) is 4.27. The van der Waals surface area contributed by atoms with E-state index in [1.165, 1.54) is 32.5 Å². The van der Waals surface area contributed by atoms with Crippen molar-refractivity contribution in [1.82, 2.24) is 4.90 Å². The van der Waals surface area contributed by atoms with Crippen LogP contribution in [-0.2, 0) is 0 Å². The number of rotatable bonds is 4. The summed E-state index contributed by atoms with van der Waals surface area (Å²) in [5.41, 5.74) is 0. The van der Waals surface area contributed by atoms with E-state index < -0.39 is 0 Å². The van der Waals surface area contributed by atoms with Gasteiger partial charge in [0.25, 0.3) is 0 Å². The lowest BCUT2D eigenvalue weighted by Gasteiger charge is -2.16. The first-order valence-corrected chi connectivity index (χ1v) is 5.07. The van der Waals surface area contributed by atoms with Gasteiger partial charge in [0.05, 0.1) is 0 Å². The molecule has 1 fully saturated rings. The lowest BCUT2D eigenvalue weighted by atomic mass is 10.1. The summed E-state index contributed by atoms with van der Waals surface area (Å²) in [7, 11) is 0. The largest absolute Gasteiger partial charge is 0.303 e. The van der Waals surface area contributed by atoms with E-state index >= 15 is 0 Å². The van der Waals surface area contributed by atoms with E-state index in [0.717, 1.165) is 11.8 Å². The van der Waals surface area contributed by atoms with Crippen molar-refractivity contribution in [3.8, 4) is 0 Å². The fourth-order valence-corrected chi connectivity index (χ4v) is 1.70. The molecule has 0 bridgehead atoms. The number of likely N-dealkylation sites (tertiary alicyclic amines) is 1. The summed E-state index contributed by atoms with van der Waals surface area (Å²) in [5, 5.41) is 0. The van der Waals surface area contributed by atoms with E-state index in [4.69, 9.17) is 0 Å². The van der Waals surface area contributed by atoms with Crippen LogP contribution >= 0.6 is 0 Å². The van der Waals surface area contributed by atoms with Gasteiger partial charge in [0.1, 0.15) is 0 Å². The van der Waals surface area contributed by atoms with Crippen LogP contribution in [0.4, 0.5) is 0 Å². The monoisotopic (exact) mass is 167 g/mol. The molecule has 1 aliphatic rings. The third-order valence-corrected chi connectivity index (χ3v) is 2.66. The number of nitrogens with zero attached hydrogens (tertiary/aromatic N) is 1. The van der Waals surface area contributed by atoms with Crippen LogP contribution in [0.1, 0.15) is 26.7 Å². The quantitative estimate of drug-likeness (QED) is 0.582. The fraction of sp³-hybridized carbons (Fsp3) is 0.818. The maximum Gasteiger partial charge on any atom is 0.00447 e. The highest BCUT2D eigenvalue weighted by molar-refractivity contribution is 4.87. The predicted molar refractivity (Wildman–Crippen MR) is 54.2 cm³/mol. The zero-order valence-corrected chi connectivity index (χ0v) is 8.42. The molecule has 1 atom stereocenters. The first-order valence-electron chi connectivity index (χ1n) is 5.07. The van der Waals surface area contributed by atoms with Gasteiger partial charge in [-0.3, -0.25) is 0 Å². The van der Waals surface area contributed by atoms with Gasteiger partial charge in [0.2, 0.25) is 0 Å². The number of hydrogen-bond acceptors (Lipinski definition) is 1. The van der Waals surface area contributed by atoms with E-state index in [0.29, 0.717) is 0 Å². The average Bonchev–Trinajstić information content (AvgIpc) is 2.48. The van der Waals surface area contributed by atoms with Crippen molar-refractivity contribution >= 4 is 0 Å². The van der Waals surface area contributed by atoms with Crippen LogP contribution in [0, 0.1) is 11.8 Å². The molecule has 0 spiro atoms. The Labute approximate surface area is 76.5 Å². The molecule has 0 aromatic carbocycles. The highest BCUT2D eigenvalue weighted by Crippen LogP contribution is 2.17. The Bertz CT molecular complexity index is 140. The molecule has 1 unspecified atom stereocenters. The van der Waals surface area contributed by atoms with Crippen LogP contribution in [-0.4, -0.2) is 24.5 Å². The van der Waals surface area contributed by atoms with Gasteiger partial charge in [-0.15, -0.1) is 6.58 Å². The molecular formula is C11H21N. The molecule has 0 saturated carbocycles. The van der Waals surface area contributed by atoms with Crippen LogP contribution in [0.15, 0.2) is 12.7 Å². The Morgan fingerprint density at radius 1 is 1.58 bits per heavy atom. The van der Waals surface area contributed by atoms with Crippen LogP contribution in [0.2, 0.25) is 0 Å². The van der Waals surface area contributed by atoms with Gasteiger partial charge >= 0.3 is 0 Å². The van der Waals surface area contributed by atoms with Gasteiger partial charge in [-0.05, 0) is 37.8 Å². The fourth-order valence-electron chi connectivity index (χ4n) is 1.70. The Hall–Kier alpha value is -0.300. The van der Waals surface area contributed by atoms with E-state index in [1.54, 1.807) is 0 Å².